The van der Waals surface area contributed by atoms with Crippen molar-refractivity contribution < 1.29 is 0 Å². The third-order valence-electron chi connectivity index (χ3n) is 4.13. The van der Waals surface area contributed by atoms with Crippen LogP contribution >= 0.6 is 0 Å². The van der Waals surface area contributed by atoms with Gasteiger partial charge in [0.25, 0.3) is 0 Å². The monoisotopic (exact) mass is 234 g/mol. The highest BCUT2D eigenvalue weighted by Gasteiger charge is 2.38. The zero-order valence-electron chi connectivity index (χ0n) is 10.6. The molecule has 2 unspecified atom stereocenters. The van der Waals surface area contributed by atoms with E-state index in [9.17, 15) is 0 Å². The third kappa shape index (κ3) is 1.95. The molecule has 0 spiro atoms. The van der Waals surface area contributed by atoms with Crippen LogP contribution in [-0.2, 0) is 0 Å². The Morgan fingerprint density at radius 3 is 3.18 bits per heavy atom. The quantitative estimate of drug-likeness (QED) is 0.866. The van der Waals surface area contributed by atoms with Gasteiger partial charge in [0.2, 0.25) is 5.95 Å². The fourth-order valence-corrected chi connectivity index (χ4v) is 3.33. The number of imidazole rings is 1. The summed E-state index contributed by atoms with van der Waals surface area (Å²) in [5.41, 5.74) is 0. The lowest BCUT2D eigenvalue weighted by Gasteiger charge is -2.23. The Morgan fingerprint density at radius 1 is 1.35 bits per heavy atom. The van der Waals surface area contributed by atoms with Gasteiger partial charge in [-0.05, 0) is 32.2 Å². The van der Waals surface area contributed by atoms with Crippen molar-refractivity contribution >= 4 is 5.95 Å². The van der Waals surface area contributed by atoms with Gasteiger partial charge in [0.05, 0.1) is 6.04 Å². The maximum Gasteiger partial charge on any atom is 0.203 e. The first-order chi connectivity index (χ1) is 8.40. The van der Waals surface area contributed by atoms with E-state index in [1.165, 1.54) is 32.4 Å². The Bertz CT molecular complexity index is 373. The molecule has 3 heterocycles. The van der Waals surface area contributed by atoms with Gasteiger partial charge < -0.3 is 9.88 Å². The van der Waals surface area contributed by atoms with Crippen LogP contribution in [0.15, 0.2) is 12.4 Å². The van der Waals surface area contributed by atoms with Crippen molar-refractivity contribution in [1.82, 2.24) is 14.5 Å². The summed E-state index contributed by atoms with van der Waals surface area (Å²) in [7, 11) is 0. The molecule has 3 rings (SSSR count). The molecule has 0 bridgehead atoms. The van der Waals surface area contributed by atoms with E-state index in [1.54, 1.807) is 0 Å². The second-order valence-corrected chi connectivity index (χ2v) is 5.19. The van der Waals surface area contributed by atoms with Crippen LogP contribution in [0.2, 0.25) is 0 Å². The molecule has 1 aromatic heterocycles. The Labute approximate surface area is 103 Å². The van der Waals surface area contributed by atoms with E-state index in [2.05, 4.69) is 32.9 Å². The van der Waals surface area contributed by atoms with Crippen molar-refractivity contribution in [2.24, 2.45) is 0 Å². The number of nitrogens with zero attached hydrogens (tertiary/aromatic N) is 3. The van der Waals surface area contributed by atoms with Gasteiger partial charge in [-0.3, -0.25) is 4.90 Å². The molecule has 0 aliphatic carbocycles. The number of hydrogen-bond donors (Lipinski definition) is 1. The number of hydrogen-bond acceptors (Lipinski definition) is 3. The van der Waals surface area contributed by atoms with Gasteiger partial charge in [0.15, 0.2) is 0 Å². The summed E-state index contributed by atoms with van der Waals surface area (Å²) in [6, 6.07) is 1.39. The van der Waals surface area contributed by atoms with Crippen LogP contribution in [0.5, 0.6) is 0 Å². The first kappa shape index (κ1) is 11.1. The first-order valence-electron chi connectivity index (χ1n) is 6.91. The lowest BCUT2D eigenvalue weighted by atomic mass is 10.1. The lowest BCUT2D eigenvalue weighted by molar-refractivity contribution is 0.291. The minimum absolute atomic E-state index is 0.638. The topological polar surface area (TPSA) is 33.1 Å². The van der Waals surface area contributed by atoms with Crippen LogP contribution in [-0.4, -0.2) is 40.1 Å². The summed E-state index contributed by atoms with van der Waals surface area (Å²) in [5, 5.41) is 3.43. The highest BCUT2D eigenvalue weighted by atomic mass is 15.3. The molecule has 0 radical (unpaired) electrons. The molecular formula is C13H22N4. The number of rotatable bonds is 4. The average Bonchev–Trinajstić information content (AvgIpc) is 3.01. The smallest absolute Gasteiger partial charge is 0.203 e. The number of nitrogens with one attached hydrogen (secondary N) is 1. The summed E-state index contributed by atoms with van der Waals surface area (Å²) in [6.07, 6.45) is 9.22. The average molecular weight is 234 g/mol. The van der Waals surface area contributed by atoms with E-state index < -0.39 is 0 Å². The van der Waals surface area contributed by atoms with Crippen LogP contribution in [0, 0.1) is 0 Å². The molecule has 2 aliphatic rings. The molecule has 2 fully saturated rings. The van der Waals surface area contributed by atoms with Crippen molar-refractivity contribution in [2.75, 3.05) is 25.0 Å². The predicted octanol–water partition coefficient (Wildman–Crippen LogP) is 2.11. The second kappa shape index (κ2) is 4.69. The summed E-state index contributed by atoms with van der Waals surface area (Å²) in [5.74, 6) is 1.06. The molecule has 1 N–H and O–H groups in total. The van der Waals surface area contributed by atoms with Crippen molar-refractivity contribution in [3.05, 3.63) is 12.4 Å². The molecule has 4 heteroatoms. The van der Waals surface area contributed by atoms with E-state index >= 15 is 0 Å². The number of aromatic nitrogens is 2. The highest BCUT2D eigenvalue weighted by Crippen LogP contribution is 2.37. The minimum Gasteiger partial charge on any atom is -0.356 e. The minimum atomic E-state index is 0.638. The Balaban J connectivity index is 1.77. The molecule has 17 heavy (non-hydrogen) atoms. The van der Waals surface area contributed by atoms with E-state index in [4.69, 9.17) is 0 Å². The van der Waals surface area contributed by atoms with Crippen molar-refractivity contribution in [3.63, 3.8) is 0 Å². The molecule has 2 atom stereocenters. The van der Waals surface area contributed by atoms with Gasteiger partial charge in [-0.25, -0.2) is 4.98 Å². The summed E-state index contributed by atoms with van der Waals surface area (Å²) in [4.78, 5) is 7.09. The molecule has 94 valence electrons. The molecule has 0 aromatic carbocycles. The second-order valence-electron chi connectivity index (χ2n) is 5.19. The van der Waals surface area contributed by atoms with Crippen LogP contribution in [0.1, 0.15) is 38.6 Å². The van der Waals surface area contributed by atoms with Gasteiger partial charge in [0, 0.05) is 31.5 Å². The van der Waals surface area contributed by atoms with E-state index in [1.807, 2.05) is 6.20 Å². The predicted molar refractivity (Wildman–Crippen MR) is 69.3 cm³/mol. The largest absolute Gasteiger partial charge is 0.356 e. The molecule has 1 aromatic rings. The van der Waals surface area contributed by atoms with Crippen LogP contribution in [0.25, 0.3) is 0 Å². The first-order valence-corrected chi connectivity index (χ1v) is 6.91. The molecule has 0 amide bonds. The zero-order valence-corrected chi connectivity index (χ0v) is 10.6. The highest BCUT2D eigenvalue weighted by molar-refractivity contribution is 5.27. The van der Waals surface area contributed by atoms with E-state index in [0.717, 1.165) is 25.0 Å². The fourth-order valence-electron chi connectivity index (χ4n) is 3.33. The zero-order chi connectivity index (χ0) is 11.7. The van der Waals surface area contributed by atoms with Crippen molar-refractivity contribution in [3.8, 4) is 0 Å². The van der Waals surface area contributed by atoms with E-state index in [-0.39, 0.29) is 0 Å². The lowest BCUT2D eigenvalue weighted by Crippen LogP contribution is -2.28. The summed E-state index contributed by atoms with van der Waals surface area (Å²) < 4.78 is 2.37. The van der Waals surface area contributed by atoms with Crippen molar-refractivity contribution in [1.29, 1.82) is 0 Å². The van der Waals surface area contributed by atoms with Crippen LogP contribution < -0.4 is 5.32 Å². The third-order valence-corrected chi connectivity index (χ3v) is 4.13. The molecule has 2 aliphatic heterocycles. The van der Waals surface area contributed by atoms with Gasteiger partial charge >= 0.3 is 0 Å². The van der Waals surface area contributed by atoms with Gasteiger partial charge in [-0.15, -0.1) is 0 Å². The molecule has 0 saturated carbocycles. The van der Waals surface area contributed by atoms with Gasteiger partial charge in [-0.1, -0.05) is 6.92 Å². The number of fused-ring (bicyclic) bond motifs is 1. The molecule has 2 saturated heterocycles. The molecular weight excluding hydrogens is 212 g/mol. The fraction of sp³-hybridized carbons (Fsp3) is 0.769. The summed E-state index contributed by atoms with van der Waals surface area (Å²) >= 11 is 0. The normalized spacial score (nSPS) is 28.5. The standard InChI is InChI=1S/C13H22N4/c1-2-6-14-13-15-7-10-17(13)12-5-9-16-8-3-4-11(12)16/h7,10-12H,2-6,8-9H2,1H3,(H,14,15). The summed E-state index contributed by atoms with van der Waals surface area (Å²) in [6.45, 7) is 5.76. The Morgan fingerprint density at radius 2 is 2.29 bits per heavy atom. The van der Waals surface area contributed by atoms with E-state index in [0.29, 0.717) is 6.04 Å². The van der Waals surface area contributed by atoms with Gasteiger partial charge in [-0.2, -0.15) is 0 Å². The maximum absolute atomic E-state index is 4.45. The van der Waals surface area contributed by atoms with Crippen LogP contribution in [0.3, 0.4) is 0 Å². The van der Waals surface area contributed by atoms with Crippen molar-refractivity contribution in [2.45, 2.75) is 44.7 Å². The SMILES string of the molecule is CCCNc1nccn1C1CCN2CCCC12. The Hall–Kier alpha value is -1.03. The maximum atomic E-state index is 4.45. The Kier molecular flexibility index (Phi) is 3.05. The van der Waals surface area contributed by atoms with Gasteiger partial charge in [0.1, 0.15) is 0 Å². The number of anilines is 1. The molecule has 4 nitrogen and oxygen atoms in total. The van der Waals surface area contributed by atoms with Crippen LogP contribution in [0.4, 0.5) is 5.95 Å².